The number of aliphatic hydroxyl groups is 1. The minimum Gasteiger partial charge on any atom is -0.389 e. The summed E-state index contributed by atoms with van der Waals surface area (Å²) in [7, 11) is 1.63. The standard InChI is InChI=1S/C12H17NO4S/c1-9(14)10-4-5-12(11(8-10)13(15)16)18-7-3-6-17-2/h4-5,8-9,14H,3,6-7H2,1-2H3/t9-/m1/s1. The van der Waals surface area contributed by atoms with Crippen molar-refractivity contribution < 1.29 is 14.8 Å². The first-order valence-corrected chi connectivity index (χ1v) is 6.63. The van der Waals surface area contributed by atoms with Crippen LogP contribution < -0.4 is 0 Å². The molecule has 0 fully saturated rings. The van der Waals surface area contributed by atoms with Crippen molar-refractivity contribution in [2.45, 2.75) is 24.3 Å². The van der Waals surface area contributed by atoms with E-state index >= 15 is 0 Å². The number of nitro groups is 1. The second-order valence-corrected chi connectivity index (χ2v) is 4.99. The van der Waals surface area contributed by atoms with Crippen molar-refractivity contribution in [3.05, 3.63) is 33.9 Å². The minimum atomic E-state index is -0.698. The van der Waals surface area contributed by atoms with Crippen LogP contribution in [0.5, 0.6) is 0 Å². The predicted molar refractivity (Wildman–Crippen MR) is 70.9 cm³/mol. The number of nitrogens with zero attached hydrogens (tertiary/aromatic N) is 1. The van der Waals surface area contributed by atoms with Crippen molar-refractivity contribution in [3.63, 3.8) is 0 Å². The van der Waals surface area contributed by atoms with E-state index in [-0.39, 0.29) is 5.69 Å². The second-order valence-electron chi connectivity index (χ2n) is 3.86. The van der Waals surface area contributed by atoms with Crippen molar-refractivity contribution in [1.29, 1.82) is 0 Å². The van der Waals surface area contributed by atoms with Gasteiger partial charge in [-0.05, 0) is 25.0 Å². The summed E-state index contributed by atoms with van der Waals surface area (Å²) in [5.74, 6) is 0.767. The SMILES string of the molecule is COCCCSc1ccc([C@@H](C)O)cc1[N+](=O)[O-]. The molecule has 1 aromatic rings. The molecule has 0 heterocycles. The normalized spacial score (nSPS) is 12.4. The van der Waals surface area contributed by atoms with Crippen molar-refractivity contribution >= 4 is 17.4 Å². The monoisotopic (exact) mass is 271 g/mol. The van der Waals surface area contributed by atoms with Gasteiger partial charge in [0.1, 0.15) is 0 Å². The molecular formula is C12H17NO4S. The van der Waals surface area contributed by atoms with Gasteiger partial charge in [0.05, 0.1) is 15.9 Å². The zero-order valence-corrected chi connectivity index (χ0v) is 11.3. The lowest BCUT2D eigenvalue weighted by atomic mass is 10.1. The Hall–Kier alpha value is -1.11. The molecule has 0 radical (unpaired) electrons. The highest BCUT2D eigenvalue weighted by Crippen LogP contribution is 2.32. The number of ether oxygens (including phenoxy) is 1. The van der Waals surface area contributed by atoms with E-state index in [1.165, 1.54) is 17.8 Å². The molecule has 0 saturated carbocycles. The van der Waals surface area contributed by atoms with Crippen LogP contribution in [0.3, 0.4) is 0 Å². The average Bonchev–Trinajstić information content (AvgIpc) is 2.34. The van der Waals surface area contributed by atoms with E-state index in [0.717, 1.165) is 12.2 Å². The van der Waals surface area contributed by atoms with Crippen LogP contribution in [-0.2, 0) is 4.74 Å². The molecule has 0 spiro atoms. The highest BCUT2D eigenvalue weighted by molar-refractivity contribution is 7.99. The summed E-state index contributed by atoms with van der Waals surface area (Å²) in [5, 5.41) is 20.4. The topological polar surface area (TPSA) is 72.6 Å². The smallest absolute Gasteiger partial charge is 0.283 e. The molecule has 0 aliphatic heterocycles. The van der Waals surface area contributed by atoms with E-state index in [9.17, 15) is 15.2 Å². The third kappa shape index (κ3) is 4.29. The number of rotatable bonds is 7. The Morgan fingerprint density at radius 1 is 1.56 bits per heavy atom. The van der Waals surface area contributed by atoms with Crippen molar-refractivity contribution in [3.8, 4) is 0 Å². The van der Waals surface area contributed by atoms with E-state index in [4.69, 9.17) is 4.74 Å². The molecule has 0 unspecified atom stereocenters. The van der Waals surface area contributed by atoms with Crippen molar-refractivity contribution in [2.75, 3.05) is 19.5 Å². The molecule has 1 rings (SSSR count). The second kappa shape index (κ2) is 7.35. The third-order valence-corrected chi connectivity index (χ3v) is 3.56. The van der Waals surface area contributed by atoms with Gasteiger partial charge in [-0.2, -0.15) is 0 Å². The summed E-state index contributed by atoms with van der Waals surface area (Å²) in [6.45, 7) is 2.23. The molecule has 5 nitrogen and oxygen atoms in total. The molecule has 0 amide bonds. The number of thioether (sulfide) groups is 1. The zero-order chi connectivity index (χ0) is 13.5. The van der Waals surface area contributed by atoms with E-state index in [2.05, 4.69) is 0 Å². The van der Waals surface area contributed by atoms with Gasteiger partial charge in [-0.1, -0.05) is 6.07 Å². The fourth-order valence-corrected chi connectivity index (χ4v) is 2.37. The van der Waals surface area contributed by atoms with Gasteiger partial charge >= 0.3 is 0 Å². The van der Waals surface area contributed by atoms with Gasteiger partial charge < -0.3 is 9.84 Å². The molecule has 0 bridgehead atoms. The first-order chi connectivity index (χ1) is 8.56. The first kappa shape index (κ1) is 14.9. The highest BCUT2D eigenvalue weighted by Gasteiger charge is 2.16. The summed E-state index contributed by atoms with van der Waals surface area (Å²) in [6.07, 6.45) is 0.146. The Labute approximate surface area is 110 Å². The molecule has 0 aromatic heterocycles. The molecule has 6 heteroatoms. The summed E-state index contributed by atoms with van der Waals surface area (Å²) >= 11 is 1.43. The summed E-state index contributed by atoms with van der Waals surface area (Å²) in [6, 6.07) is 4.84. The molecule has 0 aliphatic rings. The quantitative estimate of drug-likeness (QED) is 0.357. The Morgan fingerprint density at radius 2 is 2.28 bits per heavy atom. The lowest BCUT2D eigenvalue weighted by Crippen LogP contribution is -1.97. The average molecular weight is 271 g/mol. The first-order valence-electron chi connectivity index (χ1n) is 5.64. The molecule has 1 N–H and O–H groups in total. The molecule has 0 saturated heterocycles. The maximum absolute atomic E-state index is 11.0. The minimum absolute atomic E-state index is 0.0517. The van der Waals surface area contributed by atoms with Crippen LogP contribution in [0.25, 0.3) is 0 Å². The lowest BCUT2D eigenvalue weighted by molar-refractivity contribution is -0.387. The van der Waals surface area contributed by atoms with E-state index in [0.29, 0.717) is 17.1 Å². The van der Waals surface area contributed by atoms with Gasteiger partial charge in [0, 0.05) is 25.5 Å². The summed E-state index contributed by atoms with van der Waals surface area (Å²) in [5.41, 5.74) is 0.610. The van der Waals surface area contributed by atoms with E-state index in [1.54, 1.807) is 26.2 Å². The van der Waals surface area contributed by atoms with Gasteiger partial charge in [0.25, 0.3) is 5.69 Å². The number of methoxy groups -OCH3 is 1. The van der Waals surface area contributed by atoms with E-state index in [1.807, 2.05) is 0 Å². The third-order valence-electron chi connectivity index (χ3n) is 2.41. The maximum Gasteiger partial charge on any atom is 0.283 e. The van der Waals surface area contributed by atoms with E-state index < -0.39 is 11.0 Å². The lowest BCUT2D eigenvalue weighted by Gasteiger charge is -2.07. The van der Waals surface area contributed by atoms with Crippen molar-refractivity contribution in [2.24, 2.45) is 0 Å². The van der Waals surface area contributed by atoms with Crippen LogP contribution in [0.1, 0.15) is 25.0 Å². The molecule has 1 aromatic carbocycles. The van der Waals surface area contributed by atoms with Gasteiger partial charge in [-0.25, -0.2) is 0 Å². The van der Waals surface area contributed by atoms with Gasteiger partial charge in [0.2, 0.25) is 0 Å². The van der Waals surface area contributed by atoms with Crippen molar-refractivity contribution in [1.82, 2.24) is 0 Å². The Balaban J connectivity index is 2.80. The summed E-state index contributed by atoms with van der Waals surface area (Å²) < 4.78 is 4.93. The fraction of sp³-hybridized carbons (Fsp3) is 0.500. The number of hydrogen-bond acceptors (Lipinski definition) is 5. The highest BCUT2D eigenvalue weighted by atomic mass is 32.2. The molecule has 0 aliphatic carbocycles. The Morgan fingerprint density at radius 3 is 2.83 bits per heavy atom. The molecular weight excluding hydrogens is 254 g/mol. The Bertz CT molecular complexity index is 409. The fourth-order valence-electron chi connectivity index (χ4n) is 1.44. The van der Waals surface area contributed by atoms with Crippen LogP contribution in [0.15, 0.2) is 23.1 Å². The van der Waals surface area contributed by atoms with Crippen LogP contribution in [0, 0.1) is 10.1 Å². The molecule has 18 heavy (non-hydrogen) atoms. The van der Waals surface area contributed by atoms with Gasteiger partial charge in [-0.3, -0.25) is 10.1 Å². The predicted octanol–water partition coefficient (Wildman–Crippen LogP) is 2.78. The maximum atomic E-state index is 11.0. The van der Waals surface area contributed by atoms with Gasteiger partial charge in [-0.15, -0.1) is 11.8 Å². The van der Waals surface area contributed by atoms with Gasteiger partial charge in [0.15, 0.2) is 0 Å². The Kier molecular flexibility index (Phi) is 6.11. The largest absolute Gasteiger partial charge is 0.389 e. The number of hydrogen-bond donors (Lipinski definition) is 1. The molecule has 100 valence electrons. The summed E-state index contributed by atoms with van der Waals surface area (Å²) in [4.78, 5) is 11.2. The number of nitro benzene ring substituents is 1. The van der Waals surface area contributed by atoms with Crippen LogP contribution in [0.2, 0.25) is 0 Å². The van der Waals surface area contributed by atoms with Crippen LogP contribution >= 0.6 is 11.8 Å². The van der Waals surface area contributed by atoms with Crippen LogP contribution in [0.4, 0.5) is 5.69 Å². The van der Waals surface area contributed by atoms with Crippen LogP contribution in [-0.4, -0.2) is 29.5 Å². The zero-order valence-electron chi connectivity index (χ0n) is 10.5. The number of benzene rings is 1. The molecule has 1 atom stereocenters. The number of aliphatic hydroxyl groups excluding tert-OH is 1.